The van der Waals surface area contributed by atoms with Gasteiger partial charge < -0.3 is 4.74 Å². The fourth-order valence-electron chi connectivity index (χ4n) is 1.14. The van der Waals surface area contributed by atoms with Crippen molar-refractivity contribution in [3.8, 4) is 0 Å². The van der Waals surface area contributed by atoms with E-state index >= 15 is 0 Å². The van der Waals surface area contributed by atoms with E-state index in [4.69, 9.17) is 16.3 Å². The van der Waals surface area contributed by atoms with Gasteiger partial charge in [0.15, 0.2) is 0 Å². The highest BCUT2D eigenvalue weighted by atomic mass is 127. The van der Waals surface area contributed by atoms with Gasteiger partial charge in [0, 0.05) is 12.4 Å². The first kappa shape index (κ1) is 15.5. The highest BCUT2D eigenvalue weighted by Gasteiger charge is 2.11. The molecule has 0 fully saturated rings. The van der Waals surface area contributed by atoms with E-state index in [1.54, 1.807) is 7.11 Å². The minimum Gasteiger partial charge on any atom is -0.378 e. The molecule has 1 atom stereocenters. The molecule has 0 bridgehead atoms. The molecule has 6 heteroatoms. The summed E-state index contributed by atoms with van der Waals surface area (Å²) in [5.74, 6) is 1.58. The molecule has 0 amide bonds. The Labute approximate surface area is 125 Å². The molecule has 0 aliphatic heterocycles. The first-order valence-electron chi connectivity index (χ1n) is 5.39. The normalized spacial score (nSPS) is 12.8. The van der Waals surface area contributed by atoms with Crippen molar-refractivity contribution < 1.29 is 4.74 Å². The lowest BCUT2D eigenvalue weighted by molar-refractivity contribution is 0.180. The summed E-state index contributed by atoms with van der Waals surface area (Å²) < 4.78 is 5.98. The summed E-state index contributed by atoms with van der Waals surface area (Å²) in [7, 11) is 1.65. The zero-order chi connectivity index (χ0) is 12.8. The zero-order valence-electron chi connectivity index (χ0n) is 10.2. The Morgan fingerprint density at radius 1 is 1.47 bits per heavy atom. The summed E-state index contributed by atoms with van der Waals surface area (Å²) >= 11 is 10.1. The Morgan fingerprint density at radius 3 is 2.76 bits per heavy atom. The third kappa shape index (κ3) is 4.89. The number of methoxy groups -OCH3 is 1. The Balaban J connectivity index is 2.79. The van der Waals surface area contributed by atoms with Gasteiger partial charge in [0.25, 0.3) is 0 Å². The van der Waals surface area contributed by atoms with Crippen molar-refractivity contribution in [3.63, 3.8) is 0 Å². The number of thioether (sulfide) groups is 1. The summed E-state index contributed by atoms with van der Waals surface area (Å²) in [4.78, 5) is 8.77. The standard InChI is InChI=1S/C11H16ClIN2OS/c1-4-7(2)17-6-9-14-8(5-16-3)10(13)11(12)15-9/h7H,4-6H2,1-3H3. The van der Waals surface area contributed by atoms with Crippen LogP contribution in [0.4, 0.5) is 0 Å². The predicted molar refractivity (Wildman–Crippen MR) is 81.5 cm³/mol. The molecule has 1 unspecified atom stereocenters. The van der Waals surface area contributed by atoms with Gasteiger partial charge in [-0.15, -0.1) is 0 Å². The van der Waals surface area contributed by atoms with Crippen LogP contribution in [0.5, 0.6) is 0 Å². The van der Waals surface area contributed by atoms with E-state index in [1.165, 1.54) is 0 Å². The molecule has 96 valence electrons. The van der Waals surface area contributed by atoms with E-state index < -0.39 is 0 Å². The molecule has 3 nitrogen and oxygen atoms in total. The van der Waals surface area contributed by atoms with Crippen molar-refractivity contribution in [2.45, 2.75) is 37.9 Å². The van der Waals surface area contributed by atoms with Crippen molar-refractivity contribution >= 4 is 46.0 Å². The quantitative estimate of drug-likeness (QED) is 0.548. The van der Waals surface area contributed by atoms with Crippen LogP contribution in [0, 0.1) is 3.57 Å². The zero-order valence-corrected chi connectivity index (χ0v) is 13.9. The van der Waals surface area contributed by atoms with Gasteiger partial charge in [0.1, 0.15) is 11.0 Å². The van der Waals surface area contributed by atoms with Crippen LogP contribution in [0.15, 0.2) is 0 Å². The van der Waals surface area contributed by atoms with Crippen LogP contribution in [0.3, 0.4) is 0 Å². The SMILES string of the molecule is CCC(C)SCc1nc(Cl)c(I)c(COC)n1. The van der Waals surface area contributed by atoms with Gasteiger partial charge in [0.05, 0.1) is 21.6 Å². The van der Waals surface area contributed by atoms with E-state index in [-0.39, 0.29) is 0 Å². The molecule has 1 aromatic heterocycles. The molecule has 0 aromatic carbocycles. The highest BCUT2D eigenvalue weighted by Crippen LogP contribution is 2.23. The van der Waals surface area contributed by atoms with Crippen LogP contribution in [0.2, 0.25) is 5.15 Å². The maximum atomic E-state index is 6.08. The molecule has 0 spiro atoms. The summed E-state index contributed by atoms with van der Waals surface area (Å²) in [6.45, 7) is 4.85. The van der Waals surface area contributed by atoms with Crippen LogP contribution in [-0.2, 0) is 17.1 Å². The second kappa shape index (κ2) is 7.76. The van der Waals surface area contributed by atoms with Crippen molar-refractivity contribution in [2.24, 2.45) is 0 Å². The van der Waals surface area contributed by atoms with Gasteiger partial charge in [-0.2, -0.15) is 11.8 Å². The fraction of sp³-hybridized carbons (Fsp3) is 0.636. The maximum absolute atomic E-state index is 6.08. The Bertz CT molecular complexity index is 379. The van der Waals surface area contributed by atoms with Crippen LogP contribution in [-0.4, -0.2) is 22.3 Å². The average molecular weight is 387 g/mol. The van der Waals surface area contributed by atoms with E-state index in [9.17, 15) is 0 Å². The molecule has 1 rings (SSSR count). The number of hydrogen-bond acceptors (Lipinski definition) is 4. The fourth-order valence-corrected chi connectivity index (χ4v) is 2.54. The minimum absolute atomic E-state index is 0.474. The summed E-state index contributed by atoms with van der Waals surface area (Å²) in [6.07, 6.45) is 1.15. The van der Waals surface area contributed by atoms with Crippen molar-refractivity contribution in [2.75, 3.05) is 7.11 Å². The molecule has 0 N–H and O–H groups in total. The maximum Gasteiger partial charge on any atom is 0.146 e. The Hall–Kier alpha value is 0.410. The van der Waals surface area contributed by atoms with Crippen LogP contribution in [0.25, 0.3) is 0 Å². The lowest BCUT2D eigenvalue weighted by atomic mass is 10.4. The number of nitrogens with zero attached hydrogens (tertiary/aromatic N) is 2. The van der Waals surface area contributed by atoms with E-state index in [0.717, 1.165) is 27.3 Å². The Kier molecular flexibility index (Phi) is 7.06. The first-order chi connectivity index (χ1) is 8.08. The lowest BCUT2D eigenvalue weighted by Gasteiger charge is -2.10. The smallest absolute Gasteiger partial charge is 0.146 e. The van der Waals surface area contributed by atoms with Crippen molar-refractivity contribution in [1.29, 1.82) is 0 Å². The highest BCUT2D eigenvalue weighted by molar-refractivity contribution is 14.1. The molecule has 0 saturated carbocycles. The number of rotatable bonds is 6. The topological polar surface area (TPSA) is 35.0 Å². The molecular formula is C11H16ClIN2OS. The predicted octanol–water partition coefficient (Wildman–Crippen LogP) is 3.91. The van der Waals surface area contributed by atoms with E-state index in [1.807, 2.05) is 11.8 Å². The molecule has 1 heterocycles. The van der Waals surface area contributed by atoms with Crippen LogP contribution >= 0.6 is 46.0 Å². The van der Waals surface area contributed by atoms with Gasteiger partial charge in [-0.1, -0.05) is 25.4 Å². The lowest BCUT2D eigenvalue weighted by Crippen LogP contribution is -2.05. The number of ether oxygens (including phenoxy) is 1. The van der Waals surface area contributed by atoms with Gasteiger partial charge in [0.2, 0.25) is 0 Å². The van der Waals surface area contributed by atoms with Crippen LogP contribution < -0.4 is 0 Å². The molecule has 0 aliphatic rings. The second-order valence-corrected chi connectivity index (χ2v) is 6.52. The molecule has 17 heavy (non-hydrogen) atoms. The van der Waals surface area contributed by atoms with E-state index in [0.29, 0.717) is 17.0 Å². The van der Waals surface area contributed by atoms with Crippen LogP contribution in [0.1, 0.15) is 31.8 Å². The summed E-state index contributed by atoms with van der Waals surface area (Å²) in [6, 6.07) is 0. The third-order valence-corrected chi connectivity index (χ3v) is 5.33. The van der Waals surface area contributed by atoms with Gasteiger partial charge in [-0.25, -0.2) is 9.97 Å². The number of halogens is 2. The van der Waals surface area contributed by atoms with Gasteiger partial charge in [-0.3, -0.25) is 0 Å². The number of hydrogen-bond donors (Lipinski definition) is 0. The Morgan fingerprint density at radius 2 is 2.18 bits per heavy atom. The minimum atomic E-state index is 0.474. The first-order valence-corrected chi connectivity index (χ1v) is 7.90. The van der Waals surface area contributed by atoms with Crippen molar-refractivity contribution in [3.05, 3.63) is 20.2 Å². The van der Waals surface area contributed by atoms with Gasteiger partial charge in [-0.05, 0) is 29.0 Å². The third-order valence-electron chi connectivity index (χ3n) is 2.28. The summed E-state index contributed by atoms with van der Waals surface area (Å²) in [5, 5.41) is 1.13. The molecule has 0 saturated heterocycles. The molecule has 1 aromatic rings. The van der Waals surface area contributed by atoms with E-state index in [2.05, 4.69) is 46.4 Å². The monoisotopic (exact) mass is 386 g/mol. The largest absolute Gasteiger partial charge is 0.378 e. The number of aromatic nitrogens is 2. The van der Waals surface area contributed by atoms with Crippen molar-refractivity contribution in [1.82, 2.24) is 9.97 Å². The molecular weight excluding hydrogens is 371 g/mol. The molecule has 0 radical (unpaired) electrons. The molecule has 0 aliphatic carbocycles. The summed E-state index contributed by atoms with van der Waals surface area (Å²) in [5.41, 5.74) is 0.868. The van der Waals surface area contributed by atoms with Gasteiger partial charge >= 0.3 is 0 Å². The second-order valence-electron chi connectivity index (χ2n) is 3.65. The average Bonchev–Trinajstić information content (AvgIpc) is 2.32.